The molecular weight excluding hydrogens is 1440 g/mol. The summed E-state index contributed by atoms with van der Waals surface area (Å²) in [6.07, 6.45) is 3.85. The summed E-state index contributed by atoms with van der Waals surface area (Å²) >= 11 is 7.36. The zero-order valence-electron chi connectivity index (χ0n) is 59.5. The first-order valence-electron chi connectivity index (χ1n) is 37.6. The SMILES string of the molecule is c1ccc2c(c1)ccc1cc(-n3c4ccc(-c5ccc6c(c5)c5c7ccccc7sc5n6-c5ccc6c(ccc7ccccc76)c5)cc4c4c5ccccc5sc43)ccc12.c1ccc2nc(-n3c4ccc(-c5ccc6c(c5)c5c7ccccc7sc5n6-c5ncc6ccccc6n5)cc4c4c5ccccc5sc43)ncc2c1. The van der Waals surface area contributed by atoms with Crippen LogP contribution in [0.25, 0.3) is 235 Å². The molecule has 0 aliphatic rings. The lowest BCUT2D eigenvalue weighted by Crippen LogP contribution is -2.00. The van der Waals surface area contributed by atoms with E-state index in [1.165, 1.54) is 170 Å². The minimum absolute atomic E-state index is 0.684. The van der Waals surface area contributed by atoms with Gasteiger partial charge in [0.25, 0.3) is 0 Å². The molecule has 26 aromatic rings. The number of aromatic nitrogens is 8. The van der Waals surface area contributed by atoms with Gasteiger partial charge in [0.1, 0.15) is 19.3 Å². The van der Waals surface area contributed by atoms with Crippen molar-refractivity contribution in [3.05, 3.63) is 340 Å². The predicted molar refractivity (Wildman–Crippen MR) is 479 cm³/mol. The van der Waals surface area contributed by atoms with Crippen LogP contribution in [0.3, 0.4) is 0 Å². The van der Waals surface area contributed by atoms with Gasteiger partial charge in [-0.3, -0.25) is 9.13 Å². The first-order chi connectivity index (χ1) is 55.5. The monoisotopic (exact) mass is 1500 g/mol. The van der Waals surface area contributed by atoms with E-state index >= 15 is 0 Å². The highest BCUT2D eigenvalue weighted by Crippen LogP contribution is 2.50. The molecule has 12 heteroatoms. The Labute approximate surface area is 653 Å². The number of hydrogen-bond donors (Lipinski definition) is 0. The molecule has 0 radical (unpaired) electrons. The fourth-order valence-electron chi connectivity index (χ4n) is 18.0. The molecule has 520 valence electrons. The summed E-state index contributed by atoms with van der Waals surface area (Å²) < 4.78 is 14.6. The Morgan fingerprint density at radius 2 is 0.491 bits per heavy atom. The van der Waals surface area contributed by atoms with Crippen molar-refractivity contribution < 1.29 is 0 Å². The van der Waals surface area contributed by atoms with E-state index in [1.54, 1.807) is 22.7 Å². The largest absolute Gasteiger partial charge is 0.301 e. The molecule has 0 aliphatic heterocycles. The van der Waals surface area contributed by atoms with Crippen LogP contribution in [-0.4, -0.2) is 38.2 Å². The molecule has 0 unspecified atom stereocenters. The summed E-state index contributed by atoms with van der Waals surface area (Å²) in [7, 11) is 0. The predicted octanol–water partition coefficient (Wildman–Crippen LogP) is 28.5. The third-order valence-electron chi connectivity index (χ3n) is 23.1. The zero-order chi connectivity index (χ0) is 73.0. The summed E-state index contributed by atoms with van der Waals surface area (Å²) in [5.41, 5.74) is 13.7. The molecule has 0 amide bonds. The van der Waals surface area contributed by atoms with Crippen molar-refractivity contribution in [3.63, 3.8) is 0 Å². The second-order valence-electron chi connectivity index (χ2n) is 29.2. The minimum Gasteiger partial charge on any atom is -0.301 e. The van der Waals surface area contributed by atoms with E-state index in [1.807, 2.05) is 59.3 Å². The molecule has 0 N–H and O–H groups in total. The Kier molecular flexibility index (Phi) is 13.3. The van der Waals surface area contributed by atoms with Gasteiger partial charge in [-0.15, -0.1) is 45.3 Å². The van der Waals surface area contributed by atoms with Crippen molar-refractivity contribution in [2.75, 3.05) is 0 Å². The molecular formula is C100H56N8S4. The Balaban J connectivity index is 0.000000128. The Morgan fingerprint density at radius 3 is 0.857 bits per heavy atom. The summed E-state index contributed by atoms with van der Waals surface area (Å²) in [5, 5.41) is 27.5. The first kappa shape index (κ1) is 62.2. The highest BCUT2D eigenvalue weighted by Gasteiger charge is 2.26. The average molecular weight is 1500 g/mol. The maximum Gasteiger partial charge on any atom is 0.235 e. The number of rotatable bonds is 6. The Morgan fingerprint density at radius 1 is 0.205 bits per heavy atom. The number of fused-ring (bicyclic) bond motifs is 28. The van der Waals surface area contributed by atoms with Crippen molar-refractivity contribution in [3.8, 4) is 45.5 Å². The van der Waals surface area contributed by atoms with Crippen LogP contribution in [0.5, 0.6) is 0 Å². The summed E-state index contributed by atoms with van der Waals surface area (Å²) in [6, 6.07) is 120. The molecule has 0 spiro atoms. The van der Waals surface area contributed by atoms with Crippen LogP contribution in [0.4, 0.5) is 0 Å². The van der Waals surface area contributed by atoms with Crippen molar-refractivity contribution in [2.24, 2.45) is 0 Å². The van der Waals surface area contributed by atoms with Crippen LogP contribution in [-0.2, 0) is 0 Å². The molecule has 26 rings (SSSR count). The molecule has 16 aromatic carbocycles. The summed E-state index contributed by atoms with van der Waals surface area (Å²) in [4.78, 5) is 24.7. The van der Waals surface area contributed by atoms with Gasteiger partial charge in [-0.1, -0.05) is 218 Å². The highest BCUT2D eigenvalue weighted by molar-refractivity contribution is 7.27. The molecule has 0 bridgehead atoms. The van der Waals surface area contributed by atoms with Gasteiger partial charge in [0.2, 0.25) is 11.9 Å². The van der Waals surface area contributed by atoms with E-state index in [2.05, 4.69) is 322 Å². The highest BCUT2D eigenvalue weighted by atomic mass is 32.1. The fourth-order valence-corrected chi connectivity index (χ4v) is 23.0. The number of benzene rings is 16. The second-order valence-corrected chi connectivity index (χ2v) is 33.3. The van der Waals surface area contributed by atoms with Crippen LogP contribution in [0.15, 0.2) is 340 Å². The quantitative estimate of drug-likeness (QED) is 0.156. The lowest BCUT2D eigenvalue weighted by molar-refractivity contribution is 1.02. The zero-order valence-corrected chi connectivity index (χ0v) is 62.8. The lowest BCUT2D eigenvalue weighted by atomic mass is 10.00. The van der Waals surface area contributed by atoms with E-state index in [-0.39, 0.29) is 0 Å². The third-order valence-corrected chi connectivity index (χ3v) is 27.8. The Hall–Kier alpha value is -13.7. The number of para-hydroxylation sites is 2. The average Bonchev–Trinajstić information content (AvgIpc) is 1.57. The fraction of sp³-hybridized carbons (Fsp3) is 0. The van der Waals surface area contributed by atoms with Crippen molar-refractivity contribution in [1.82, 2.24) is 38.2 Å². The van der Waals surface area contributed by atoms with Crippen LogP contribution >= 0.6 is 45.3 Å². The van der Waals surface area contributed by atoms with E-state index < -0.39 is 0 Å². The summed E-state index contributed by atoms with van der Waals surface area (Å²) in [6.45, 7) is 0. The van der Waals surface area contributed by atoms with Gasteiger partial charge >= 0.3 is 0 Å². The Bertz CT molecular complexity index is 8070. The molecule has 0 fully saturated rings. The van der Waals surface area contributed by atoms with E-state index in [0.717, 1.165) is 53.6 Å². The maximum atomic E-state index is 5.04. The first-order valence-corrected chi connectivity index (χ1v) is 40.9. The normalized spacial score (nSPS) is 12.3. The minimum atomic E-state index is 0.684. The van der Waals surface area contributed by atoms with Crippen LogP contribution in [0.1, 0.15) is 0 Å². The molecule has 10 aromatic heterocycles. The molecule has 0 saturated heterocycles. The molecule has 0 atom stereocenters. The maximum absolute atomic E-state index is 5.04. The van der Waals surface area contributed by atoms with E-state index in [0.29, 0.717) is 11.9 Å². The topological polar surface area (TPSA) is 71.3 Å². The molecule has 10 heterocycles. The van der Waals surface area contributed by atoms with Gasteiger partial charge in [-0.05, 0) is 175 Å². The van der Waals surface area contributed by atoms with Crippen molar-refractivity contribution in [2.45, 2.75) is 0 Å². The smallest absolute Gasteiger partial charge is 0.235 e. The number of nitrogens with zero attached hydrogens (tertiary/aromatic N) is 8. The van der Waals surface area contributed by atoms with Crippen LogP contribution in [0.2, 0.25) is 0 Å². The van der Waals surface area contributed by atoms with Gasteiger partial charge < -0.3 is 9.13 Å². The van der Waals surface area contributed by atoms with Gasteiger partial charge in [0.15, 0.2) is 0 Å². The van der Waals surface area contributed by atoms with Crippen molar-refractivity contribution >= 4 is 235 Å². The number of hydrogen-bond acceptors (Lipinski definition) is 8. The lowest BCUT2D eigenvalue weighted by Gasteiger charge is -2.11. The molecule has 8 nitrogen and oxygen atoms in total. The van der Waals surface area contributed by atoms with Gasteiger partial charge in [-0.2, -0.15) is 0 Å². The van der Waals surface area contributed by atoms with Gasteiger partial charge in [-0.25, -0.2) is 19.9 Å². The van der Waals surface area contributed by atoms with E-state index in [4.69, 9.17) is 19.9 Å². The molecule has 0 aliphatic carbocycles. The molecule has 0 saturated carbocycles. The standard InChI is InChI=1S/C56H32N2S2.C44H24N6S2/c1-3-11-41-33(9-1)17-19-37-29-39(23-25-43(37)41)57-49-27-21-35(31-47(49)53-45-13-5-7-15-51(45)59-55(53)57)36-22-28-50-48(32-36)54-46-14-6-8-16-52(46)60-56(54)58(50)40-24-26-44-38(30-40)20-18-34-10-2-4-12-42(34)44;1-5-13-33-27(9-1)23-45-43(47-33)49-35-19-17-25(21-31(35)39-29-11-3-7-15-37(29)51-41(39)49)26-18-20-36-32(22-26)40-30-12-4-8-16-38(30)52-42(40)50(36)44-46-24-28-10-2-6-14-34(28)48-44/h1-32H;1-24H. The summed E-state index contributed by atoms with van der Waals surface area (Å²) in [5.74, 6) is 1.37. The second kappa shape index (κ2) is 23.9. The van der Waals surface area contributed by atoms with Crippen molar-refractivity contribution in [1.29, 1.82) is 0 Å². The van der Waals surface area contributed by atoms with Crippen LogP contribution < -0.4 is 0 Å². The number of thiophene rings is 4. The van der Waals surface area contributed by atoms with Gasteiger partial charge in [0.05, 0.1) is 33.1 Å². The van der Waals surface area contributed by atoms with Crippen LogP contribution in [0, 0.1) is 0 Å². The third kappa shape index (κ3) is 9.20. The van der Waals surface area contributed by atoms with Gasteiger partial charge in [0, 0.05) is 118 Å². The van der Waals surface area contributed by atoms with E-state index in [9.17, 15) is 0 Å². The molecule has 112 heavy (non-hydrogen) atoms.